The highest BCUT2D eigenvalue weighted by molar-refractivity contribution is 7.91. The number of nitrogens with one attached hydrogen (secondary N) is 1. The Morgan fingerprint density at radius 3 is 2.85 bits per heavy atom. The first-order valence-electron chi connectivity index (χ1n) is 7.25. The summed E-state index contributed by atoms with van der Waals surface area (Å²) in [5.41, 5.74) is 2.46. The van der Waals surface area contributed by atoms with Crippen molar-refractivity contribution in [3.8, 4) is 0 Å². The topological polar surface area (TPSA) is 49.4 Å². The number of hydrogen-bond acceptors (Lipinski definition) is 4. The third kappa shape index (κ3) is 4.21. The third-order valence-electron chi connectivity index (χ3n) is 3.80. The minimum absolute atomic E-state index is 0.0904. The first kappa shape index (κ1) is 15.3. The lowest BCUT2D eigenvalue weighted by atomic mass is 10.1. The van der Waals surface area contributed by atoms with Gasteiger partial charge in [0.2, 0.25) is 0 Å². The van der Waals surface area contributed by atoms with Gasteiger partial charge in [-0.1, -0.05) is 12.1 Å². The summed E-state index contributed by atoms with van der Waals surface area (Å²) in [7, 11) is -2.84. The van der Waals surface area contributed by atoms with Gasteiger partial charge in [-0.2, -0.15) is 0 Å². The second-order valence-electron chi connectivity index (χ2n) is 5.47. The van der Waals surface area contributed by atoms with Crippen LogP contribution in [0.3, 0.4) is 0 Å². The maximum Gasteiger partial charge on any atom is 0.153 e. The van der Waals surface area contributed by atoms with Crippen LogP contribution in [0.25, 0.3) is 0 Å². The van der Waals surface area contributed by atoms with Gasteiger partial charge in [0.1, 0.15) is 0 Å². The summed E-state index contributed by atoms with van der Waals surface area (Å²) in [5.74, 6) is 0.553. The first-order valence-corrected chi connectivity index (χ1v) is 9.08. The van der Waals surface area contributed by atoms with Gasteiger partial charge in [-0.15, -0.1) is 0 Å². The van der Waals surface area contributed by atoms with Crippen molar-refractivity contribution in [3.63, 3.8) is 0 Å². The third-order valence-corrected chi connectivity index (χ3v) is 5.53. The van der Waals surface area contributed by atoms with E-state index in [1.165, 1.54) is 11.3 Å². The molecule has 1 saturated heterocycles. The highest BCUT2D eigenvalue weighted by Gasteiger charge is 2.24. The quantitative estimate of drug-likeness (QED) is 0.896. The predicted molar refractivity (Wildman–Crippen MR) is 84.1 cm³/mol. The van der Waals surface area contributed by atoms with Gasteiger partial charge in [-0.25, -0.2) is 8.42 Å². The van der Waals surface area contributed by atoms with Crippen LogP contribution in [0.1, 0.15) is 18.9 Å². The van der Waals surface area contributed by atoms with Gasteiger partial charge in [-0.3, -0.25) is 0 Å². The lowest BCUT2D eigenvalue weighted by Crippen LogP contribution is -2.46. The van der Waals surface area contributed by atoms with Gasteiger partial charge in [0.15, 0.2) is 9.84 Å². The normalized spacial score (nSPS) is 21.6. The Morgan fingerprint density at radius 1 is 1.40 bits per heavy atom. The monoisotopic (exact) mass is 296 g/mol. The van der Waals surface area contributed by atoms with Crippen LogP contribution >= 0.6 is 0 Å². The summed E-state index contributed by atoms with van der Waals surface area (Å²) in [6.45, 7) is 6.62. The number of rotatable bonds is 5. The van der Waals surface area contributed by atoms with E-state index in [4.69, 9.17) is 0 Å². The molecule has 1 aromatic carbocycles. The molecule has 20 heavy (non-hydrogen) atoms. The molecule has 0 aliphatic carbocycles. The molecule has 1 fully saturated rings. The molecule has 1 atom stereocenters. The molecule has 1 N–H and O–H groups in total. The van der Waals surface area contributed by atoms with Gasteiger partial charge in [0.25, 0.3) is 0 Å². The summed E-state index contributed by atoms with van der Waals surface area (Å²) >= 11 is 0. The molecule has 0 spiro atoms. The molecule has 1 aliphatic heterocycles. The van der Waals surface area contributed by atoms with Crippen LogP contribution in [-0.2, 0) is 9.84 Å². The maximum atomic E-state index is 11.6. The fourth-order valence-electron chi connectivity index (χ4n) is 2.66. The van der Waals surface area contributed by atoms with E-state index in [0.29, 0.717) is 6.54 Å². The Morgan fingerprint density at radius 2 is 2.20 bits per heavy atom. The number of sulfone groups is 1. The Kier molecular flexibility index (Phi) is 5.05. The standard InChI is InChI=1S/C15H24N2O2S/c1-3-17(15-6-4-5-13(2)11-15)9-7-14-12-20(18,19)10-8-16-14/h4-6,11,14,16H,3,7-10,12H2,1-2H3. The van der Waals surface area contributed by atoms with E-state index in [-0.39, 0.29) is 17.5 Å². The predicted octanol–water partition coefficient (Wildman–Crippen LogP) is 1.60. The number of anilines is 1. The fraction of sp³-hybridized carbons (Fsp3) is 0.600. The number of hydrogen-bond donors (Lipinski definition) is 1. The van der Waals surface area contributed by atoms with Crippen LogP contribution in [0.15, 0.2) is 24.3 Å². The van der Waals surface area contributed by atoms with Crippen molar-refractivity contribution in [3.05, 3.63) is 29.8 Å². The molecule has 0 aromatic heterocycles. The molecule has 1 heterocycles. The number of benzene rings is 1. The smallest absolute Gasteiger partial charge is 0.153 e. The van der Waals surface area contributed by atoms with Gasteiger partial charge in [-0.05, 0) is 38.0 Å². The van der Waals surface area contributed by atoms with Crippen molar-refractivity contribution in [2.45, 2.75) is 26.3 Å². The van der Waals surface area contributed by atoms with Gasteiger partial charge >= 0.3 is 0 Å². The molecule has 2 rings (SSSR count). The van der Waals surface area contributed by atoms with Crippen molar-refractivity contribution < 1.29 is 8.42 Å². The zero-order valence-corrected chi connectivity index (χ0v) is 13.1. The second-order valence-corrected chi connectivity index (χ2v) is 7.70. The zero-order valence-electron chi connectivity index (χ0n) is 12.3. The van der Waals surface area contributed by atoms with Crippen LogP contribution < -0.4 is 10.2 Å². The van der Waals surface area contributed by atoms with E-state index in [9.17, 15) is 8.42 Å². The number of aryl methyl sites for hydroxylation is 1. The van der Waals surface area contributed by atoms with Crippen LogP contribution in [0, 0.1) is 6.92 Å². The van der Waals surface area contributed by atoms with Gasteiger partial charge in [0, 0.05) is 31.4 Å². The van der Waals surface area contributed by atoms with Crippen molar-refractivity contribution >= 4 is 15.5 Å². The maximum absolute atomic E-state index is 11.6. The molecule has 0 saturated carbocycles. The van der Waals surface area contributed by atoms with Crippen LogP contribution in [-0.4, -0.2) is 45.6 Å². The van der Waals surface area contributed by atoms with Crippen molar-refractivity contribution in [2.24, 2.45) is 0 Å². The summed E-state index contributed by atoms with van der Waals surface area (Å²) < 4.78 is 23.3. The fourth-order valence-corrected chi connectivity index (χ4v) is 4.15. The second kappa shape index (κ2) is 6.59. The molecule has 112 valence electrons. The Hall–Kier alpha value is -1.07. The molecular weight excluding hydrogens is 272 g/mol. The Labute approximate surface area is 122 Å². The Bertz CT molecular complexity index is 543. The summed E-state index contributed by atoms with van der Waals surface area (Å²) in [6, 6.07) is 8.53. The minimum atomic E-state index is -2.84. The van der Waals surface area contributed by atoms with Crippen LogP contribution in [0.4, 0.5) is 5.69 Å². The highest BCUT2D eigenvalue weighted by atomic mass is 32.2. The molecular formula is C15H24N2O2S. The molecule has 1 aromatic rings. The van der Waals surface area contributed by atoms with Crippen LogP contribution in [0.5, 0.6) is 0 Å². The van der Waals surface area contributed by atoms with Crippen molar-refractivity contribution in [1.29, 1.82) is 0 Å². The average Bonchev–Trinajstić information content (AvgIpc) is 2.38. The highest BCUT2D eigenvalue weighted by Crippen LogP contribution is 2.17. The summed E-state index contributed by atoms with van der Waals surface area (Å²) in [4.78, 5) is 2.30. The van der Waals surface area contributed by atoms with E-state index < -0.39 is 9.84 Å². The lowest BCUT2D eigenvalue weighted by molar-refractivity contribution is 0.493. The molecule has 0 radical (unpaired) electrons. The Balaban J connectivity index is 1.94. The molecule has 1 aliphatic rings. The molecule has 0 amide bonds. The van der Waals surface area contributed by atoms with E-state index in [0.717, 1.165) is 19.5 Å². The van der Waals surface area contributed by atoms with Crippen LogP contribution in [0.2, 0.25) is 0 Å². The zero-order chi connectivity index (χ0) is 14.6. The van der Waals surface area contributed by atoms with Crippen molar-refractivity contribution in [2.75, 3.05) is 36.0 Å². The van der Waals surface area contributed by atoms with Gasteiger partial charge < -0.3 is 10.2 Å². The number of nitrogens with zero attached hydrogens (tertiary/aromatic N) is 1. The van der Waals surface area contributed by atoms with E-state index in [1.807, 2.05) is 0 Å². The van der Waals surface area contributed by atoms with Gasteiger partial charge in [0.05, 0.1) is 11.5 Å². The SMILES string of the molecule is CCN(CCC1CS(=O)(=O)CCN1)c1cccc(C)c1. The first-order chi connectivity index (χ1) is 9.50. The molecule has 5 heteroatoms. The minimum Gasteiger partial charge on any atom is -0.372 e. The molecule has 4 nitrogen and oxygen atoms in total. The summed E-state index contributed by atoms with van der Waals surface area (Å²) in [5, 5.41) is 3.31. The largest absolute Gasteiger partial charge is 0.372 e. The molecule has 1 unspecified atom stereocenters. The molecule has 0 bridgehead atoms. The average molecular weight is 296 g/mol. The van der Waals surface area contributed by atoms with Crippen molar-refractivity contribution in [1.82, 2.24) is 5.32 Å². The summed E-state index contributed by atoms with van der Waals surface area (Å²) in [6.07, 6.45) is 0.862. The van der Waals surface area contributed by atoms with E-state index in [2.05, 4.69) is 48.3 Å². The lowest BCUT2D eigenvalue weighted by Gasteiger charge is -2.28. The van der Waals surface area contributed by atoms with E-state index >= 15 is 0 Å². The van der Waals surface area contributed by atoms with E-state index in [1.54, 1.807) is 0 Å².